The van der Waals surface area contributed by atoms with Crippen molar-refractivity contribution in [3.63, 3.8) is 0 Å². The van der Waals surface area contributed by atoms with E-state index in [1.54, 1.807) is 0 Å². The van der Waals surface area contributed by atoms with E-state index in [4.69, 9.17) is 37.9 Å². The Kier molecular flexibility index (Phi) is 38.8. The van der Waals surface area contributed by atoms with E-state index in [-0.39, 0.29) is 8.23 Å². The molecule has 45 heavy (non-hydrogen) atoms. The summed E-state index contributed by atoms with van der Waals surface area (Å²) in [6, 6.07) is 0. The maximum Gasteiger partial charge on any atom is 0.160 e. The molecule has 1 heterocycles. The van der Waals surface area contributed by atoms with E-state index in [1.807, 2.05) is 141 Å². The summed E-state index contributed by atoms with van der Waals surface area (Å²) in [7, 11) is 0. The van der Waals surface area contributed by atoms with Crippen molar-refractivity contribution in [3.8, 4) is 0 Å². The summed E-state index contributed by atoms with van der Waals surface area (Å²) in [6.45, 7) is 0. The van der Waals surface area contributed by atoms with Gasteiger partial charge in [-0.1, -0.05) is 35.3 Å². The predicted molar refractivity (Wildman–Crippen MR) is 295 cm³/mol. The number of thiol groups is 9. The fourth-order valence-corrected chi connectivity index (χ4v) is 48.7. The Morgan fingerprint density at radius 3 is 0.711 bits per heavy atom. The molecule has 0 nitrogen and oxygen atoms in total. The fourth-order valence-electron chi connectivity index (χ4n) is 2.52. The molecule has 27 heteroatoms. The monoisotopic (exact) mass is 1120 g/mol. The van der Waals surface area contributed by atoms with Gasteiger partial charge in [-0.15, -0.1) is 176 Å². The summed E-state index contributed by atoms with van der Waals surface area (Å²) >= 11 is 76.9. The summed E-state index contributed by atoms with van der Waals surface area (Å²) < 4.78 is 0.794. The van der Waals surface area contributed by atoms with Crippen molar-refractivity contribution in [2.45, 2.75) is 20.0 Å². The molecule has 0 spiro atoms. The average Bonchev–Trinajstić information content (AvgIpc) is 2.98. The van der Waals surface area contributed by atoms with E-state index < -0.39 is 0 Å². The highest BCUT2D eigenvalue weighted by atomic mass is 32.4. The summed E-state index contributed by atoms with van der Waals surface area (Å²) in [5.74, 6) is 0. The van der Waals surface area contributed by atoms with Gasteiger partial charge in [-0.05, 0) is 0 Å². The van der Waals surface area contributed by atoms with Gasteiger partial charge in [0.15, 0.2) is 8.23 Å². The standard InChI is InChI=1S/C18H36S27/c19-1-28-13(29-2-20)34-10-40-16(37-7-25)43-17(38-8-26,41-11-35-14(30-3-21)31-4-22)45-18(44-16,39-9-27)42-12-36-15(32-5-23)33-6-24/h13-15,19-27H,1-12H2. The lowest BCUT2D eigenvalue weighted by atomic mass is 11.7. The minimum Gasteiger partial charge on any atom is -0.168 e. The van der Waals surface area contributed by atoms with E-state index in [0.717, 1.165) is 61.0 Å². The molecule has 0 saturated carbocycles. The average molecular weight is 1120 g/mol. The number of thioether (sulfide) groups is 18. The lowest BCUT2D eigenvalue weighted by Crippen LogP contribution is -2.36. The SMILES string of the molecule is SCSC(SCS)SCSC1(SCS)SC(SCS)(SCSC(SCS)SCS)SC(SCS)(SCSC(SCS)SCS)S1. The van der Waals surface area contributed by atoms with Crippen molar-refractivity contribution in [2.75, 3.05) is 61.0 Å². The molecule has 0 amide bonds. The van der Waals surface area contributed by atoms with E-state index in [0.29, 0.717) is 11.7 Å². The molecule has 0 aromatic rings. The minimum absolute atomic E-state index is 0.152. The van der Waals surface area contributed by atoms with Crippen LogP contribution in [0.3, 0.4) is 0 Å². The zero-order valence-electron chi connectivity index (χ0n) is 23.1. The second-order valence-electron chi connectivity index (χ2n) is 6.55. The second-order valence-corrected chi connectivity index (χ2v) is 42.9. The number of hydrogen-bond donors (Lipinski definition) is 9. The summed E-state index contributed by atoms with van der Waals surface area (Å²) in [4.78, 5) is 0. The Balaban J connectivity index is 3.41. The van der Waals surface area contributed by atoms with Gasteiger partial charge in [0.05, 0.1) is 11.7 Å². The van der Waals surface area contributed by atoms with Gasteiger partial charge in [-0.3, -0.25) is 0 Å². The van der Waals surface area contributed by atoms with Crippen LogP contribution in [0.5, 0.6) is 0 Å². The smallest absolute Gasteiger partial charge is 0.160 e. The van der Waals surface area contributed by atoms with Crippen LogP contribution in [0, 0.1) is 0 Å². The molecule has 270 valence electrons. The Labute approximate surface area is 399 Å². The molecule has 0 aromatic heterocycles. The molecule has 1 saturated heterocycles. The van der Waals surface area contributed by atoms with Gasteiger partial charge in [-0.2, -0.15) is 114 Å². The lowest BCUT2D eigenvalue weighted by Gasteiger charge is -2.52. The Morgan fingerprint density at radius 1 is 0.311 bits per heavy atom. The molecule has 0 bridgehead atoms. The topological polar surface area (TPSA) is 0 Å². The molecule has 0 N–H and O–H groups in total. The third-order valence-electron chi connectivity index (χ3n) is 4.06. The van der Waals surface area contributed by atoms with Crippen LogP contribution in [0.15, 0.2) is 0 Å². The quantitative estimate of drug-likeness (QED) is 0.0247. The van der Waals surface area contributed by atoms with E-state index in [2.05, 4.69) is 146 Å². The fraction of sp³-hybridized carbons (Fsp3) is 1.00. The van der Waals surface area contributed by atoms with Crippen molar-refractivity contribution in [3.05, 3.63) is 0 Å². The highest BCUT2D eigenvalue weighted by Crippen LogP contribution is 2.82. The minimum atomic E-state index is -0.152. The van der Waals surface area contributed by atoms with Crippen molar-refractivity contribution >= 4 is 325 Å². The molecule has 1 fully saturated rings. The number of hydrogen-bond acceptors (Lipinski definition) is 27. The zero-order chi connectivity index (χ0) is 33.4. The highest BCUT2D eigenvalue weighted by molar-refractivity contribution is 8.69. The molecule has 1 aliphatic heterocycles. The van der Waals surface area contributed by atoms with Crippen molar-refractivity contribution in [1.82, 2.24) is 0 Å². The summed E-state index contributed by atoms with van der Waals surface area (Å²) in [5.41, 5.74) is 0. The van der Waals surface area contributed by atoms with E-state index in [1.165, 1.54) is 0 Å². The molecule has 1 aliphatic rings. The summed E-state index contributed by atoms with van der Waals surface area (Å²) in [5, 5.41) is 10.1. The van der Waals surface area contributed by atoms with E-state index in [9.17, 15) is 0 Å². The van der Waals surface area contributed by atoms with Gasteiger partial charge in [0.1, 0.15) is 0 Å². The Hall–Kier alpha value is 9.45. The van der Waals surface area contributed by atoms with Crippen LogP contribution < -0.4 is 0 Å². The first kappa shape index (κ1) is 52.5. The maximum atomic E-state index is 4.80. The van der Waals surface area contributed by atoms with E-state index >= 15 is 0 Å². The van der Waals surface area contributed by atoms with Crippen molar-refractivity contribution in [2.24, 2.45) is 0 Å². The van der Waals surface area contributed by atoms with Gasteiger partial charge in [0.2, 0.25) is 0 Å². The molecule has 0 radical (unpaired) electrons. The molecular formula is C18H36S27. The van der Waals surface area contributed by atoms with Crippen LogP contribution in [-0.2, 0) is 0 Å². The van der Waals surface area contributed by atoms with Crippen LogP contribution in [0.2, 0.25) is 0 Å². The molecule has 0 aromatic carbocycles. The largest absolute Gasteiger partial charge is 0.168 e. The second kappa shape index (κ2) is 33.3. The third-order valence-corrected chi connectivity index (χ3v) is 36.5. The van der Waals surface area contributed by atoms with Crippen LogP contribution in [0.4, 0.5) is 0 Å². The first-order valence-electron chi connectivity index (χ1n) is 11.7. The first-order valence-corrected chi connectivity index (χ1v) is 35.2. The zero-order valence-corrected chi connectivity index (χ0v) is 45.8. The predicted octanol–water partition coefficient (Wildman–Crippen LogP) is 14.7. The Morgan fingerprint density at radius 2 is 0.533 bits per heavy atom. The highest BCUT2D eigenvalue weighted by Gasteiger charge is 2.59. The van der Waals surface area contributed by atoms with Crippen molar-refractivity contribution < 1.29 is 0 Å². The Bertz CT molecular complexity index is 588. The third kappa shape index (κ3) is 23.0. The van der Waals surface area contributed by atoms with Gasteiger partial charge in [-0.25, -0.2) is 0 Å². The lowest BCUT2D eigenvalue weighted by molar-refractivity contribution is 1.65. The van der Waals surface area contributed by atoms with Gasteiger partial charge in [0.25, 0.3) is 0 Å². The molecular weight excluding hydrogens is 1080 g/mol. The maximum absolute atomic E-state index is 4.80. The molecule has 0 aliphatic carbocycles. The van der Waals surface area contributed by atoms with Crippen LogP contribution >= 0.6 is 325 Å². The molecule has 0 atom stereocenters. The van der Waals surface area contributed by atoms with Crippen molar-refractivity contribution in [1.29, 1.82) is 0 Å². The first-order chi connectivity index (χ1) is 21.8. The van der Waals surface area contributed by atoms with Crippen LogP contribution in [0.25, 0.3) is 0 Å². The van der Waals surface area contributed by atoms with Gasteiger partial charge >= 0.3 is 0 Å². The van der Waals surface area contributed by atoms with Crippen LogP contribution in [0.1, 0.15) is 0 Å². The normalized spacial score (nSPS) is 24.0. The molecule has 0 unspecified atom stereocenters. The van der Waals surface area contributed by atoms with Gasteiger partial charge in [0, 0.05) is 61.0 Å². The molecule has 1 rings (SSSR count). The van der Waals surface area contributed by atoms with Gasteiger partial charge < -0.3 is 0 Å². The number of rotatable bonds is 30. The summed E-state index contributed by atoms with van der Waals surface area (Å²) in [6.07, 6.45) is 0. The van der Waals surface area contributed by atoms with Crippen LogP contribution in [-0.4, -0.2) is 81.0 Å².